The van der Waals surface area contributed by atoms with E-state index in [2.05, 4.69) is 42.5 Å². The lowest BCUT2D eigenvalue weighted by Gasteiger charge is -2.12. The van der Waals surface area contributed by atoms with Gasteiger partial charge >= 0.3 is 29.1 Å². The smallest absolute Gasteiger partial charge is 0.328 e. The van der Waals surface area contributed by atoms with E-state index in [4.69, 9.17) is 11.5 Å². The summed E-state index contributed by atoms with van der Waals surface area (Å²) in [6, 6.07) is 18.9. The van der Waals surface area contributed by atoms with Crippen LogP contribution in [-0.2, 0) is 42.3 Å². The van der Waals surface area contributed by atoms with E-state index in [1.54, 1.807) is 6.92 Å². The van der Waals surface area contributed by atoms with Gasteiger partial charge in [-0.25, -0.2) is 63.1 Å². The van der Waals surface area contributed by atoms with E-state index >= 15 is 0 Å². The third kappa shape index (κ3) is 19.3. The average Bonchev–Trinajstić information content (AvgIpc) is 3.41. The van der Waals surface area contributed by atoms with Crippen molar-refractivity contribution in [2.75, 3.05) is 0 Å². The van der Waals surface area contributed by atoms with Crippen LogP contribution in [0, 0.1) is 72.0 Å². The molecule has 8 aromatic rings. The number of carbonyl (C=O) groups excluding carboxylic acids is 2. The number of aromatic nitrogens is 6. The van der Waals surface area contributed by atoms with Crippen molar-refractivity contribution in [3.63, 3.8) is 0 Å². The molecule has 29 heteroatoms. The van der Waals surface area contributed by atoms with Crippen molar-refractivity contribution in [2.24, 2.45) is 11.5 Å². The molecule has 0 unspecified atom stereocenters. The summed E-state index contributed by atoms with van der Waals surface area (Å²) in [6.45, 7) is 5.09. The number of ether oxygens (including phenoxy) is 1. The molecular weight excluding hydrogens is 1190 g/mol. The number of amides is 2. The summed E-state index contributed by atoms with van der Waals surface area (Å²) in [4.78, 5) is 94.9. The molecule has 83 heavy (non-hydrogen) atoms. The number of esters is 1. The second-order valence-corrected chi connectivity index (χ2v) is 17.6. The molecule has 4 heterocycles. The van der Waals surface area contributed by atoms with Crippen LogP contribution in [0.25, 0.3) is 0 Å². The number of aromatic amines is 3. The Balaban J connectivity index is 0.000000220. The Labute approximate surface area is 469 Å². The fourth-order valence-electron chi connectivity index (χ4n) is 6.65. The lowest BCUT2D eigenvalue weighted by atomic mass is 10.2. The number of benzene rings is 5. The zero-order chi connectivity index (χ0) is 61.8. The van der Waals surface area contributed by atoms with Crippen molar-refractivity contribution in [2.45, 2.75) is 53.0 Å². The largest absolute Gasteiger partial charge is 0.431 e. The highest BCUT2D eigenvalue weighted by atomic mass is 79.9. The van der Waals surface area contributed by atoms with Crippen LogP contribution in [0.5, 0.6) is 0 Å². The predicted octanol–water partition coefficient (Wildman–Crippen LogP) is 6.97. The van der Waals surface area contributed by atoms with Gasteiger partial charge in [0.1, 0.15) is 74.8 Å². The number of nitrogens with two attached hydrogens (primary N) is 2. The number of urea groups is 1. The second kappa shape index (κ2) is 30.8. The van der Waals surface area contributed by atoms with Gasteiger partial charge in [-0.3, -0.25) is 42.8 Å². The van der Waals surface area contributed by atoms with Gasteiger partial charge < -0.3 is 26.5 Å². The summed E-state index contributed by atoms with van der Waals surface area (Å²) in [5.74, 6) is -6.68. The number of cyclic esters (lactones) is 1. The number of rotatable bonds is 9. The summed E-state index contributed by atoms with van der Waals surface area (Å²) in [6.07, 6.45) is 1.60. The lowest BCUT2D eigenvalue weighted by molar-refractivity contribution is -0.148. The third-order valence-electron chi connectivity index (χ3n) is 11.0. The van der Waals surface area contributed by atoms with Crippen LogP contribution in [-0.4, -0.2) is 40.7 Å². The molecule has 0 radical (unpaired) electrons. The molecule has 0 atom stereocenters. The van der Waals surface area contributed by atoms with Gasteiger partial charge in [0.2, 0.25) is 0 Å². The monoisotopic (exact) mass is 1230 g/mol. The topological polar surface area (TPSA) is 272 Å². The molecule has 0 spiro atoms. The minimum absolute atomic E-state index is 0.0532. The highest BCUT2D eigenvalue weighted by Crippen LogP contribution is 2.18. The van der Waals surface area contributed by atoms with Crippen LogP contribution in [0.2, 0.25) is 0 Å². The van der Waals surface area contributed by atoms with Crippen LogP contribution in [0.15, 0.2) is 155 Å². The van der Waals surface area contributed by atoms with Gasteiger partial charge in [-0.2, -0.15) is 0 Å². The zero-order valence-electron chi connectivity index (χ0n) is 43.2. The molecule has 2 amide bonds. The zero-order valence-corrected chi connectivity index (χ0v) is 44.8. The quantitative estimate of drug-likeness (QED) is 0.0638. The first-order valence-electron chi connectivity index (χ1n) is 23.5. The number of halogens is 11. The highest BCUT2D eigenvalue weighted by Gasteiger charge is 2.18. The second-order valence-electron chi connectivity index (χ2n) is 16.8. The minimum Gasteiger partial charge on any atom is -0.431 e. The van der Waals surface area contributed by atoms with Crippen molar-refractivity contribution in [1.82, 2.24) is 34.0 Å². The van der Waals surface area contributed by atoms with Gasteiger partial charge in [0.25, 0.3) is 16.7 Å². The fraction of sp³-hybridized carbons (Fsp3) is 0.148. The standard InChI is InChI=1S/C12H9BrF2N2O2.C12H10F2N2O2.C11H8F2N2O2.C8H8F2N2O.C7H7F2N.C4H4O2/c1-6-10(13)11(18)16-12(19)17(6)5-7-8(14)3-2-4-9(7)15;1-7-5-11(17)16(12(18)15-7)6-8-9(13)3-2-4-10(8)14;12-8-2-1-3-9(13)7(8)6-15-5-4-10(16)14-11(15)17;9-6-2-1-3-7(10)5(6)4-12-8(11)13;8-6-2-1-3-7(9)5(6)4-10;1-3-2-4(5)6-3/h2-4H,5H2,1H3,(H,16,18,19);2-5H,6H2,1H3,(H,15,18);1-5H,6H2,(H,14,16,17);1-3H,4H2,(H3,11,12,13);1-3H,4,10H2;1-2H2. The van der Waals surface area contributed by atoms with Crippen molar-refractivity contribution in [3.8, 4) is 0 Å². The summed E-state index contributed by atoms with van der Waals surface area (Å²) in [5.41, 5.74) is 5.66. The van der Waals surface area contributed by atoms with Crippen molar-refractivity contribution in [3.05, 3.63) is 286 Å². The van der Waals surface area contributed by atoms with Crippen molar-refractivity contribution < 1.29 is 58.2 Å². The van der Waals surface area contributed by atoms with E-state index in [-0.39, 0.29) is 64.4 Å². The summed E-state index contributed by atoms with van der Waals surface area (Å²) >= 11 is 3.02. The maximum absolute atomic E-state index is 13.5. The molecule has 1 aliphatic rings. The lowest BCUT2D eigenvalue weighted by Crippen LogP contribution is -2.35. The number of aryl methyl sites for hydroxylation is 1. The Bertz CT molecular complexity index is 3880. The number of hydrogen-bond donors (Lipinski definition) is 6. The van der Waals surface area contributed by atoms with Crippen molar-refractivity contribution in [1.29, 1.82) is 0 Å². The molecule has 1 saturated heterocycles. The average molecular weight is 1230 g/mol. The molecule has 9 rings (SSSR count). The van der Waals surface area contributed by atoms with Gasteiger partial charge in [0.05, 0.1) is 26.2 Å². The van der Waals surface area contributed by atoms with Gasteiger partial charge in [-0.1, -0.05) is 36.9 Å². The molecule has 1 fully saturated rings. The molecule has 8 N–H and O–H groups in total. The van der Waals surface area contributed by atoms with Crippen LogP contribution in [0.4, 0.5) is 48.7 Å². The molecule has 1 aliphatic heterocycles. The first kappa shape index (κ1) is 65.9. The van der Waals surface area contributed by atoms with E-state index in [0.717, 1.165) is 68.3 Å². The Morgan fingerprint density at radius 2 is 0.964 bits per heavy atom. The van der Waals surface area contributed by atoms with Gasteiger partial charge in [0.15, 0.2) is 0 Å². The van der Waals surface area contributed by atoms with Crippen LogP contribution >= 0.6 is 15.9 Å². The molecule has 5 aromatic carbocycles. The Hall–Kier alpha value is -9.64. The molecular formula is C54H46BrF10N9O9. The minimum atomic E-state index is -0.817. The Morgan fingerprint density at radius 3 is 1.31 bits per heavy atom. The number of carbonyl (C=O) groups is 2. The normalized spacial score (nSPS) is 11.0. The molecule has 0 aliphatic carbocycles. The Morgan fingerprint density at radius 1 is 0.578 bits per heavy atom. The number of H-pyrrole nitrogens is 3. The molecule has 3 aromatic heterocycles. The molecule has 438 valence electrons. The number of primary amides is 1. The predicted molar refractivity (Wildman–Crippen MR) is 284 cm³/mol. The maximum atomic E-state index is 13.5. The molecule has 0 bridgehead atoms. The van der Waals surface area contributed by atoms with E-state index in [0.29, 0.717) is 23.6 Å². The van der Waals surface area contributed by atoms with E-state index in [1.165, 1.54) is 61.7 Å². The SMILES string of the molecule is C=C1CC(=O)O1.Cc1c(Br)c(=O)[nH]c(=O)n1Cc1c(F)cccc1F.Cc1cc(=O)n(Cc2c(F)cccc2F)c(=O)[nH]1.NC(=O)NCc1c(F)cccc1F.NCc1c(F)cccc1F.O=c1ccn(Cc2c(F)cccc2F)c(=O)[nH]1. The summed E-state index contributed by atoms with van der Waals surface area (Å²) in [5, 5.41) is 2.10. The highest BCUT2D eigenvalue weighted by molar-refractivity contribution is 9.10. The van der Waals surface area contributed by atoms with Crippen LogP contribution in [0.1, 0.15) is 45.6 Å². The fourth-order valence-corrected chi connectivity index (χ4v) is 6.97. The number of nitrogens with one attached hydrogen (secondary N) is 4. The van der Waals surface area contributed by atoms with Gasteiger partial charge in [0, 0.05) is 64.1 Å². The van der Waals surface area contributed by atoms with E-state index in [1.807, 2.05) is 4.98 Å². The number of nitrogens with zero attached hydrogens (tertiary/aromatic N) is 3. The van der Waals surface area contributed by atoms with Crippen LogP contribution < -0.4 is 50.5 Å². The molecule has 0 saturated carbocycles. The first-order valence-corrected chi connectivity index (χ1v) is 24.3. The van der Waals surface area contributed by atoms with E-state index < -0.39 is 104 Å². The summed E-state index contributed by atoms with van der Waals surface area (Å²) < 4.78 is 139. The van der Waals surface area contributed by atoms with Crippen LogP contribution in [0.3, 0.4) is 0 Å². The van der Waals surface area contributed by atoms with Gasteiger partial charge in [-0.05, 0) is 90.4 Å². The maximum Gasteiger partial charge on any atom is 0.328 e. The Kier molecular flexibility index (Phi) is 24.5. The summed E-state index contributed by atoms with van der Waals surface area (Å²) in [7, 11) is 0. The number of hydrogen-bond acceptors (Lipinski definition) is 10. The third-order valence-corrected chi connectivity index (χ3v) is 11.9. The van der Waals surface area contributed by atoms with Gasteiger partial charge in [-0.15, -0.1) is 0 Å². The van der Waals surface area contributed by atoms with E-state index in [9.17, 15) is 82.3 Å². The molecule has 18 nitrogen and oxygen atoms in total. The first-order chi connectivity index (χ1) is 39.1. The van der Waals surface area contributed by atoms with Crippen molar-refractivity contribution >= 4 is 27.9 Å².